The van der Waals surface area contributed by atoms with Crippen molar-refractivity contribution < 1.29 is 31.6 Å². The normalized spacial score (nSPS) is 11.6. The van der Waals surface area contributed by atoms with Gasteiger partial charge in [-0.3, -0.25) is 4.79 Å². The Balaban J connectivity index is 1.32. The molecule has 32 heavy (non-hydrogen) atoms. The van der Waals surface area contributed by atoms with E-state index in [1.54, 1.807) is 12.1 Å². The molecule has 3 aromatic heterocycles. The van der Waals surface area contributed by atoms with E-state index in [0.29, 0.717) is 4.88 Å². The molecule has 0 radical (unpaired) electrons. The number of carbonyl (C=O) groups excluding carboxylic acids is 1. The smallest absolute Gasteiger partial charge is 0.437 e. The summed E-state index contributed by atoms with van der Waals surface area (Å²) in [5.74, 6) is -1.38. The lowest BCUT2D eigenvalue weighted by Crippen LogP contribution is -2.18. The van der Waals surface area contributed by atoms with Gasteiger partial charge in [0.2, 0.25) is 5.82 Å². The zero-order chi connectivity index (χ0) is 22.7. The molecule has 166 valence electrons. The zero-order valence-corrected chi connectivity index (χ0v) is 16.9. The zero-order valence-electron chi connectivity index (χ0n) is 16.0. The van der Waals surface area contributed by atoms with E-state index in [9.17, 15) is 22.8 Å². The second kappa shape index (κ2) is 8.78. The minimum absolute atomic E-state index is 0.0636. The van der Waals surface area contributed by atoms with E-state index in [-0.39, 0.29) is 42.7 Å². The number of ether oxygens (including phenoxy) is 1. The maximum absolute atomic E-state index is 12.8. The average Bonchev–Trinajstić information content (AvgIpc) is 3.51. The van der Waals surface area contributed by atoms with Gasteiger partial charge >= 0.3 is 17.9 Å². The Morgan fingerprint density at radius 1 is 1.22 bits per heavy atom. The molecule has 0 amide bonds. The lowest BCUT2D eigenvalue weighted by molar-refractivity contribution is -0.146. The first-order valence-corrected chi connectivity index (χ1v) is 9.95. The molecule has 4 rings (SSSR count). The molecule has 0 spiro atoms. The van der Waals surface area contributed by atoms with Crippen LogP contribution in [0.25, 0.3) is 22.2 Å². The van der Waals surface area contributed by atoms with Crippen LogP contribution >= 0.6 is 11.3 Å². The minimum atomic E-state index is -4.51. The molecule has 0 aliphatic rings. The quantitative estimate of drug-likeness (QED) is 0.378. The van der Waals surface area contributed by atoms with Crippen LogP contribution in [-0.4, -0.2) is 25.9 Å². The number of alkyl halides is 3. The number of carbonyl (C=O) groups is 1. The number of aromatic nitrogens is 4. The van der Waals surface area contributed by atoms with Crippen molar-refractivity contribution in [1.29, 1.82) is 0 Å². The summed E-state index contributed by atoms with van der Waals surface area (Å²) in [7, 11) is 0. The van der Waals surface area contributed by atoms with Gasteiger partial charge in [-0.05, 0) is 23.6 Å². The fourth-order valence-electron chi connectivity index (χ4n) is 2.62. The van der Waals surface area contributed by atoms with Gasteiger partial charge in [0, 0.05) is 5.56 Å². The molecule has 0 saturated carbocycles. The molecule has 1 aromatic carbocycles. The molecule has 4 aromatic rings. The van der Waals surface area contributed by atoms with Gasteiger partial charge in [-0.25, -0.2) is 4.79 Å². The number of halogens is 3. The Morgan fingerprint density at radius 2 is 2.06 bits per heavy atom. The van der Waals surface area contributed by atoms with E-state index in [2.05, 4.69) is 15.2 Å². The maximum atomic E-state index is 12.8. The predicted octanol–water partition coefficient (Wildman–Crippen LogP) is 3.77. The van der Waals surface area contributed by atoms with Gasteiger partial charge in [0.05, 0.1) is 23.4 Å². The van der Waals surface area contributed by atoms with Crippen LogP contribution in [0.1, 0.15) is 17.9 Å². The standard InChI is InChI=1S/C19H13F3N4O5S/c20-19(21,22)12-4-1-3-11(9-12)16-23-14(31-25-16)10-29-15(27)6-7-26-18(28)30-17(24-26)13-5-2-8-32-13/h1-5,8-9H,6-7,10H2. The average molecular weight is 466 g/mol. The van der Waals surface area contributed by atoms with Gasteiger partial charge in [-0.2, -0.15) is 22.8 Å². The summed E-state index contributed by atoms with van der Waals surface area (Å²) in [5.41, 5.74) is -0.744. The molecule has 0 aliphatic carbocycles. The Kier molecular flexibility index (Phi) is 5.90. The molecular weight excluding hydrogens is 453 g/mol. The minimum Gasteiger partial charge on any atom is -0.455 e. The first-order chi connectivity index (χ1) is 15.3. The molecule has 9 nitrogen and oxygen atoms in total. The molecule has 0 atom stereocenters. The summed E-state index contributed by atoms with van der Waals surface area (Å²) in [6, 6.07) is 7.97. The molecular formula is C19H13F3N4O5S. The van der Waals surface area contributed by atoms with Crippen LogP contribution in [-0.2, 0) is 28.9 Å². The highest BCUT2D eigenvalue weighted by Crippen LogP contribution is 2.31. The summed E-state index contributed by atoms with van der Waals surface area (Å²) >= 11 is 1.35. The van der Waals surface area contributed by atoms with Gasteiger partial charge in [0.25, 0.3) is 11.8 Å². The second-order valence-corrected chi connectivity index (χ2v) is 7.32. The van der Waals surface area contributed by atoms with Crippen molar-refractivity contribution in [3.8, 4) is 22.2 Å². The Bertz CT molecular complexity index is 1280. The molecule has 0 N–H and O–H groups in total. The highest BCUT2D eigenvalue weighted by molar-refractivity contribution is 7.13. The van der Waals surface area contributed by atoms with Crippen LogP contribution in [0.4, 0.5) is 13.2 Å². The Labute approximate surface area is 181 Å². The van der Waals surface area contributed by atoms with E-state index < -0.39 is 23.5 Å². The lowest BCUT2D eigenvalue weighted by atomic mass is 10.1. The Hall–Kier alpha value is -3.74. The van der Waals surface area contributed by atoms with E-state index in [1.165, 1.54) is 23.5 Å². The van der Waals surface area contributed by atoms with Crippen molar-refractivity contribution >= 4 is 17.3 Å². The van der Waals surface area contributed by atoms with E-state index >= 15 is 0 Å². The maximum Gasteiger partial charge on any atom is 0.437 e. The van der Waals surface area contributed by atoms with Gasteiger partial charge in [0.1, 0.15) is 0 Å². The van der Waals surface area contributed by atoms with Crippen LogP contribution in [0, 0.1) is 0 Å². The SMILES string of the molecule is O=C(CCn1nc(-c2cccs2)oc1=O)OCc1nc(-c2cccc(C(F)(F)F)c2)no1. The predicted molar refractivity (Wildman–Crippen MR) is 103 cm³/mol. The molecule has 13 heteroatoms. The van der Waals surface area contributed by atoms with Crippen LogP contribution in [0.3, 0.4) is 0 Å². The summed E-state index contributed by atoms with van der Waals surface area (Å²) in [6.07, 6.45) is -4.68. The number of rotatable bonds is 7. The molecule has 0 bridgehead atoms. The van der Waals surface area contributed by atoms with Crippen LogP contribution in [0.5, 0.6) is 0 Å². The highest BCUT2D eigenvalue weighted by atomic mass is 32.1. The van der Waals surface area contributed by atoms with Crippen LogP contribution < -0.4 is 5.76 Å². The number of hydrogen-bond acceptors (Lipinski definition) is 9. The first-order valence-electron chi connectivity index (χ1n) is 9.07. The number of benzene rings is 1. The fraction of sp³-hybridized carbons (Fsp3) is 0.211. The topological polar surface area (TPSA) is 113 Å². The third kappa shape index (κ3) is 4.94. The number of nitrogens with zero attached hydrogens (tertiary/aromatic N) is 4. The summed E-state index contributed by atoms with van der Waals surface area (Å²) in [5, 5.41) is 9.44. The van der Waals surface area contributed by atoms with Crippen molar-refractivity contribution in [1.82, 2.24) is 19.9 Å². The highest BCUT2D eigenvalue weighted by Gasteiger charge is 2.30. The number of hydrogen-bond donors (Lipinski definition) is 0. The molecule has 0 fully saturated rings. The molecule has 0 unspecified atom stereocenters. The third-order valence-electron chi connectivity index (χ3n) is 4.14. The fourth-order valence-corrected chi connectivity index (χ4v) is 3.27. The second-order valence-electron chi connectivity index (χ2n) is 6.37. The monoisotopic (exact) mass is 466 g/mol. The van der Waals surface area contributed by atoms with Crippen LogP contribution in [0.15, 0.2) is 55.5 Å². The first kappa shape index (κ1) is 21.5. The lowest BCUT2D eigenvalue weighted by Gasteiger charge is -2.06. The molecule has 0 saturated heterocycles. The van der Waals surface area contributed by atoms with Crippen molar-refractivity contribution in [2.45, 2.75) is 25.7 Å². The van der Waals surface area contributed by atoms with Gasteiger partial charge in [-0.15, -0.1) is 16.4 Å². The number of esters is 1. The largest absolute Gasteiger partial charge is 0.455 e. The number of aryl methyl sites for hydroxylation is 1. The summed E-state index contributed by atoms with van der Waals surface area (Å²) < 4.78 is 54.5. The van der Waals surface area contributed by atoms with Gasteiger partial charge in [-0.1, -0.05) is 23.4 Å². The van der Waals surface area contributed by atoms with Crippen molar-refractivity contribution in [2.24, 2.45) is 0 Å². The summed E-state index contributed by atoms with van der Waals surface area (Å²) in [6.45, 7) is -0.440. The van der Waals surface area contributed by atoms with Crippen molar-refractivity contribution in [2.75, 3.05) is 0 Å². The summed E-state index contributed by atoms with van der Waals surface area (Å²) in [4.78, 5) is 28.4. The van der Waals surface area contributed by atoms with E-state index in [1.807, 2.05) is 5.38 Å². The molecule has 0 aliphatic heterocycles. The van der Waals surface area contributed by atoms with Gasteiger partial charge < -0.3 is 13.7 Å². The third-order valence-corrected chi connectivity index (χ3v) is 5.00. The van der Waals surface area contributed by atoms with Crippen molar-refractivity contribution in [3.63, 3.8) is 0 Å². The Morgan fingerprint density at radius 3 is 2.81 bits per heavy atom. The van der Waals surface area contributed by atoms with Crippen molar-refractivity contribution in [3.05, 3.63) is 63.8 Å². The number of thiophene rings is 1. The van der Waals surface area contributed by atoms with E-state index in [0.717, 1.165) is 16.8 Å². The van der Waals surface area contributed by atoms with E-state index in [4.69, 9.17) is 13.7 Å². The molecule has 3 heterocycles. The van der Waals surface area contributed by atoms with Gasteiger partial charge in [0.15, 0.2) is 6.61 Å². The van der Waals surface area contributed by atoms with Crippen LogP contribution in [0.2, 0.25) is 0 Å².